The number of halogens is 1. The number of carbonyl (C=O) groups is 2. The van der Waals surface area contributed by atoms with Gasteiger partial charge in [0.25, 0.3) is 0 Å². The third-order valence-electron chi connectivity index (χ3n) is 7.20. The van der Waals surface area contributed by atoms with Crippen molar-refractivity contribution in [3.63, 3.8) is 0 Å². The Morgan fingerprint density at radius 2 is 1.70 bits per heavy atom. The number of ether oxygens (including phenoxy) is 2. The first kappa shape index (κ1) is 32.2. The minimum atomic E-state index is -3.66. The molecule has 11 heteroatoms. The highest BCUT2D eigenvalue weighted by molar-refractivity contribution is 7.92. The molecule has 43 heavy (non-hydrogen) atoms. The van der Waals surface area contributed by atoms with Gasteiger partial charge in [0.05, 0.1) is 11.9 Å². The highest BCUT2D eigenvalue weighted by Crippen LogP contribution is 2.36. The Labute approximate surface area is 258 Å². The van der Waals surface area contributed by atoms with Crippen molar-refractivity contribution in [3.05, 3.63) is 88.9 Å². The second-order valence-electron chi connectivity index (χ2n) is 10.4. The first-order valence-electron chi connectivity index (χ1n) is 14.4. The maximum Gasteiger partial charge on any atom is 0.243 e. The Hall–Kier alpha value is -3.76. The number of nitrogens with zero attached hydrogens (tertiary/aromatic N) is 2. The molecule has 1 unspecified atom stereocenters. The van der Waals surface area contributed by atoms with Gasteiger partial charge in [-0.25, -0.2) is 8.42 Å². The van der Waals surface area contributed by atoms with Gasteiger partial charge in [-0.15, -0.1) is 0 Å². The highest BCUT2D eigenvalue weighted by Gasteiger charge is 2.31. The predicted octanol–water partition coefficient (Wildman–Crippen LogP) is 5.17. The smallest absolute Gasteiger partial charge is 0.243 e. The van der Waals surface area contributed by atoms with E-state index in [1.807, 2.05) is 55.5 Å². The summed E-state index contributed by atoms with van der Waals surface area (Å²) in [6.45, 7) is 2.83. The summed E-state index contributed by atoms with van der Waals surface area (Å²) >= 11 is 6.49. The highest BCUT2D eigenvalue weighted by atomic mass is 35.5. The Morgan fingerprint density at radius 3 is 2.42 bits per heavy atom. The zero-order chi connectivity index (χ0) is 30.8. The zero-order valence-corrected chi connectivity index (χ0v) is 26.1. The molecular formula is C32H38ClN3O6S. The quantitative estimate of drug-likeness (QED) is 0.233. The van der Waals surface area contributed by atoms with Crippen LogP contribution in [0.25, 0.3) is 0 Å². The second kappa shape index (κ2) is 15.1. The predicted molar refractivity (Wildman–Crippen MR) is 168 cm³/mol. The van der Waals surface area contributed by atoms with Crippen LogP contribution in [0.2, 0.25) is 5.02 Å². The summed E-state index contributed by atoms with van der Waals surface area (Å²) in [6, 6.07) is 20.9. The number of carbonyl (C=O) groups excluding carboxylic acids is 2. The molecule has 3 aromatic carbocycles. The molecule has 4 rings (SSSR count). The molecule has 0 saturated heterocycles. The van der Waals surface area contributed by atoms with E-state index in [2.05, 4.69) is 5.32 Å². The molecule has 9 nitrogen and oxygen atoms in total. The van der Waals surface area contributed by atoms with E-state index in [0.29, 0.717) is 35.2 Å². The van der Waals surface area contributed by atoms with Crippen LogP contribution in [0.5, 0.6) is 11.5 Å². The van der Waals surface area contributed by atoms with Crippen molar-refractivity contribution in [3.8, 4) is 11.5 Å². The monoisotopic (exact) mass is 627 g/mol. The van der Waals surface area contributed by atoms with Crippen LogP contribution in [-0.2, 0) is 32.6 Å². The van der Waals surface area contributed by atoms with E-state index >= 15 is 0 Å². The molecule has 1 atom stereocenters. The summed E-state index contributed by atoms with van der Waals surface area (Å²) in [5, 5.41) is 3.50. The number of sulfonamides is 1. The van der Waals surface area contributed by atoms with Gasteiger partial charge in [0.15, 0.2) is 11.5 Å². The standard InChI is InChI=1S/C32H38ClN3O6S/c1-3-4-18-34-32(38)28(20-24-11-6-5-7-12-24)35(22-25-13-8-9-14-27(25)33)31(37)15-10-19-36(43(2,39)40)26-16-17-29-30(21-26)42-23-41-29/h5-9,11-14,16-17,21,28H,3-4,10,15,18-20,22-23H2,1-2H3,(H,34,38). The lowest BCUT2D eigenvalue weighted by atomic mass is 10.0. The van der Waals surface area contributed by atoms with Gasteiger partial charge < -0.3 is 19.7 Å². The molecular weight excluding hydrogens is 590 g/mol. The van der Waals surface area contributed by atoms with E-state index in [4.69, 9.17) is 21.1 Å². The van der Waals surface area contributed by atoms with Gasteiger partial charge in [-0.05, 0) is 42.2 Å². The summed E-state index contributed by atoms with van der Waals surface area (Å²) in [5.41, 5.74) is 2.06. The number of anilines is 1. The average Bonchev–Trinajstić information content (AvgIpc) is 3.46. The van der Waals surface area contributed by atoms with E-state index in [1.54, 1.807) is 29.2 Å². The van der Waals surface area contributed by atoms with Gasteiger partial charge in [0.1, 0.15) is 6.04 Å². The number of fused-ring (bicyclic) bond motifs is 1. The first-order chi connectivity index (χ1) is 20.7. The van der Waals surface area contributed by atoms with Gasteiger partial charge in [0, 0.05) is 43.6 Å². The summed E-state index contributed by atoms with van der Waals surface area (Å²) in [5.74, 6) is 0.497. The van der Waals surface area contributed by atoms with Crippen LogP contribution in [-0.4, -0.2) is 57.3 Å². The minimum Gasteiger partial charge on any atom is -0.454 e. The molecule has 1 aliphatic rings. The first-order valence-corrected chi connectivity index (χ1v) is 16.6. The summed E-state index contributed by atoms with van der Waals surface area (Å²) in [7, 11) is -3.66. The Kier molecular flexibility index (Phi) is 11.3. The Bertz CT molecular complexity index is 1500. The van der Waals surface area contributed by atoms with E-state index in [9.17, 15) is 18.0 Å². The van der Waals surface area contributed by atoms with Crippen molar-refractivity contribution in [2.24, 2.45) is 0 Å². The zero-order valence-electron chi connectivity index (χ0n) is 24.5. The number of nitrogens with one attached hydrogen (secondary N) is 1. The lowest BCUT2D eigenvalue weighted by Crippen LogP contribution is -2.50. The van der Waals surface area contributed by atoms with Gasteiger partial charge in [-0.1, -0.05) is 73.5 Å². The van der Waals surface area contributed by atoms with Crippen molar-refractivity contribution in [1.82, 2.24) is 10.2 Å². The third kappa shape index (κ3) is 8.87. The number of amides is 2. The van der Waals surface area contributed by atoms with E-state index < -0.39 is 16.1 Å². The fraction of sp³-hybridized carbons (Fsp3) is 0.375. The van der Waals surface area contributed by atoms with Crippen LogP contribution in [0.15, 0.2) is 72.8 Å². The van der Waals surface area contributed by atoms with Crippen LogP contribution in [0.4, 0.5) is 5.69 Å². The maximum absolute atomic E-state index is 13.9. The van der Waals surface area contributed by atoms with E-state index in [-0.39, 0.29) is 44.5 Å². The molecule has 3 aromatic rings. The summed E-state index contributed by atoms with van der Waals surface area (Å²) in [6.07, 6.45) is 3.44. The van der Waals surface area contributed by atoms with Crippen molar-refractivity contribution < 1.29 is 27.5 Å². The Balaban J connectivity index is 1.57. The molecule has 0 spiro atoms. The SMILES string of the molecule is CCCCNC(=O)C(Cc1ccccc1)N(Cc1ccccc1Cl)C(=O)CCCN(c1ccc2c(c1)OCO2)S(C)(=O)=O. The number of unbranched alkanes of at least 4 members (excludes halogenated alkanes) is 1. The second-order valence-corrected chi connectivity index (χ2v) is 12.8. The van der Waals surface area contributed by atoms with Gasteiger partial charge in [-0.3, -0.25) is 13.9 Å². The van der Waals surface area contributed by atoms with Crippen LogP contribution in [0.1, 0.15) is 43.7 Å². The van der Waals surface area contributed by atoms with Crippen LogP contribution in [0.3, 0.4) is 0 Å². The van der Waals surface area contributed by atoms with Crippen molar-refractivity contribution >= 4 is 39.1 Å². The van der Waals surface area contributed by atoms with Gasteiger partial charge in [0.2, 0.25) is 28.6 Å². The number of rotatable bonds is 15. The van der Waals surface area contributed by atoms with Gasteiger partial charge in [-0.2, -0.15) is 0 Å². The molecule has 0 aliphatic carbocycles. The average molecular weight is 628 g/mol. The van der Waals surface area contributed by atoms with Crippen molar-refractivity contribution in [2.75, 3.05) is 30.4 Å². The molecule has 0 aromatic heterocycles. The number of hydrogen-bond donors (Lipinski definition) is 1. The Morgan fingerprint density at radius 1 is 0.977 bits per heavy atom. The molecule has 1 N–H and O–H groups in total. The van der Waals surface area contributed by atoms with E-state index in [0.717, 1.165) is 30.2 Å². The topological polar surface area (TPSA) is 105 Å². The molecule has 0 bridgehead atoms. The third-order valence-corrected chi connectivity index (χ3v) is 8.76. The largest absolute Gasteiger partial charge is 0.454 e. The molecule has 2 amide bonds. The van der Waals surface area contributed by atoms with Gasteiger partial charge >= 0.3 is 0 Å². The van der Waals surface area contributed by atoms with E-state index in [1.165, 1.54) is 4.31 Å². The van der Waals surface area contributed by atoms with Crippen LogP contribution in [0, 0.1) is 0 Å². The fourth-order valence-electron chi connectivity index (χ4n) is 4.91. The van der Waals surface area contributed by atoms with Crippen molar-refractivity contribution in [1.29, 1.82) is 0 Å². The lowest BCUT2D eigenvalue weighted by molar-refractivity contribution is -0.141. The summed E-state index contributed by atoms with van der Waals surface area (Å²) in [4.78, 5) is 29.1. The molecule has 0 radical (unpaired) electrons. The molecule has 230 valence electrons. The lowest BCUT2D eigenvalue weighted by Gasteiger charge is -2.32. The number of hydrogen-bond acceptors (Lipinski definition) is 6. The molecule has 0 saturated carbocycles. The molecule has 0 fully saturated rings. The van der Waals surface area contributed by atoms with Crippen LogP contribution >= 0.6 is 11.6 Å². The minimum absolute atomic E-state index is 0.0224. The fourth-order valence-corrected chi connectivity index (χ4v) is 6.07. The maximum atomic E-state index is 13.9. The number of benzene rings is 3. The normalized spacial score (nSPS) is 12.9. The summed E-state index contributed by atoms with van der Waals surface area (Å²) < 4.78 is 37.5. The molecule has 1 aliphatic heterocycles. The van der Waals surface area contributed by atoms with Crippen molar-refractivity contribution in [2.45, 2.75) is 51.6 Å². The van der Waals surface area contributed by atoms with Crippen LogP contribution < -0.4 is 19.1 Å². The molecule has 1 heterocycles.